The van der Waals surface area contributed by atoms with Gasteiger partial charge in [0.15, 0.2) is 0 Å². The summed E-state index contributed by atoms with van der Waals surface area (Å²) in [6.07, 6.45) is 7.97. The maximum Gasteiger partial charge on any atom is 0.257 e. The lowest BCUT2D eigenvalue weighted by molar-refractivity contribution is -0.117. The predicted octanol–water partition coefficient (Wildman–Crippen LogP) is 2.52. The van der Waals surface area contributed by atoms with Crippen LogP contribution in [-0.4, -0.2) is 67.6 Å². The Kier molecular flexibility index (Phi) is 5.80. The van der Waals surface area contributed by atoms with Gasteiger partial charge in [-0.05, 0) is 57.2 Å². The van der Waals surface area contributed by atoms with Gasteiger partial charge in [0.1, 0.15) is 5.00 Å². The van der Waals surface area contributed by atoms with Crippen molar-refractivity contribution in [2.75, 3.05) is 45.2 Å². The second-order valence-electron chi connectivity index (χ2n) is 7.87. The number of piperidine rings is 1. The largest absolute Gasteiger partial charge is 0.378 e. The second-order valence-corrected chi connectivity index (χ2v) is 8.97. The van der Waals surface area contributed by atoms with Crippen LogP contribution in [0.3, 0.4) is 0 Å². The molecular formula is C20H29N3O3S. The summed E-state index contributed by atoms with van der Waals surface area (Å²) in [6, 6.07) is 0. The molecule has 148 valence electrons. The number of ether oxygens (including phenoxy) is 1. The number of carbonyl (C=O) groups excluding carboxylic acids is 2. The number of thiophene rings is 1. The number of nitrogens with one attached hydrogen (secondary N) is 1. The topological polar surface area (TPSA) is 61.9 Å². The lowest BCUT2D eigenvalue weighted by Crippen LogP contribution is -2.54. The molecule has 2 amide bonds. The summed E-state index contributed by atoms with van der Waals surface area (Å²) in [4.78, 5) is 31.1. The van der Waals surface area contributed by atoms with Gasteiger partial charge in [0.25, 0.3) is 5.91 Å². The van der Waals surface area contributed by atoms with E-state index in [1.54, 1.807) is 18.4 Å². The first-order valence-electron chi connectivity index (χ1n) is 10.1. The number of hydrogen-bond acceptors (Lipinski definition) is 5. The zero-order valence-electron chi connectivity index (χ0n) is 16.1. The van der Waals surface area contributed by atoms with Crippen molar-refractivity contribution in [2.24, 2.45) is 0 Å². The molecule has 1 aliphatic carbocycles. The Balaban J connectivity index is 1.50. The molecule has 0 unspecified atom stereocenters. The molecule has 2 fully saturated rings. The van der Waals surface area contributed by atoms with E-state index in [4.69, 9.17) is 4.74 Å². The van der Waals surface area contributed by atoms with Crippen LogP contribution in [0.4, 0.5) is 5.00 Å². The summed E-state index contributed by atoms with van der Waals surface area (Å²) in [5, 5.41) is 3.84. The molecular weight excluding hydrogens is 362 g/mol. The van der Waals surface area contributed by atoms with Gasteiger partial charge < -0.3 is 15.0 Å². The third-order valence-electron chi connectivity index (χ3n) is 5.92. The molecule has 2 saturated heterocycles. The lowest BCUT2D eigenvalue weighted by Gasteiger charge is -2.38. The fourth-order valence-electron chi connectivity index (χ4n) is 4.28. The molecule has 1 aromatic rings. The monoisotopic (exact) mass is 391 g/mol. The standard InChI is InChI=1S/C20H29N3O3S/c1-26-14-11-23(12-14)20(25)18-15-7-3-4-8-16(15)27-19(18)21-17(24)13-22-9-5-2-6-10-22/h14H,2-13H2,1H3,(H,21,24). The van der Waals surface area contributed by atoms with Gasteiger partial charge in [-0.1, -0.05) is 6.42 Å². The number of carbonyl (C=O) groups is 2. The Labute approximate surface area is 164 Å². The number of likely N-dealkylation sites (tertiary alicyclic amines) is 2. The highest BCUT2D eigenvalue weighted by molar-refractivity contribution is 7.17. The highest BCUT2D eigenvalue weighted by Gasteiger charge is 2.35. The van der Waals surface area contributed by atoms with Crippen molar-refractivity contribution in [3.05, 3.63) is 16.0 Å². The molecule has 1 aromatic heterocycles. The van der Waals surface area contributed by atoms with Crippen molar-refractivity contribution < 1.29 is 14.3 Å². The SMILES string of the molecule is COC1CN(C(=O)c2c(NC(=O)CN3CCCCC3)sc3c2CCCC3)C1. The van der Waals surface area contributed by atoms with Crippen LogP contribution in [0.1, 0.15) is 52.9 Å². The highest BCUT2D eigenvalue weighted by atomic mass is 32.1. The quantitative estimate of drug-likeness (QED) is 0.838. The molecule has 6 nitrogen and oxygen atoms in total. The first kappa shape index (κ1) is 18.9. The van der Waals surface area contributed by atoms with Gasteiger partial charge in [-0.25, -0.2) is 0 Å². The van der Waals surface area contributed by atoms with Crippen molar-refractivity contribution in [3.8, 4) is 0 Å². The molecule has 2 aliphatic heterocycles. The fourth-order valence-corrected chi connectivity index (χ4v) is 5.58. The zero-order valence-corrected chi connectivity index (χ0v) is 16.9. The number of hydrogen-bond donors (Lipinski definition) is 1. The van der Waals surface area contributed by atoms with E-state index in [-0.39, 0.29) is 17.9 Å². The van der Waals surface area contributed by atoms with E-state index < -0.39 is 0 Å². The van der Waals surface area contributed by atoms with Crippen molar-refractivity contribution in [2.45, 2.75) is 51.0 Å². The number of rotatable bonds is 5. The van der Waals surface area contributed by atoms with Crippen LogP contribution in [-0.2, 0) is 22.4 Å². The van der Waals surface area contributed by atoms with Crippen molar-refractivity contribution in [1.82, 2.24) is 9.80 Å². The summed E-state index contributed by atoms with van der Waals surface area (Å²) in [7, 11) is 1.69. The number of aryl methyl sites for hydroxylation is 1. The first-order chi connectivity index (χ1) is 13.2. The van der Waals surface area contributed by atoms with E-state index in [0.29, 0.717) is 19.6 Å². The molecule has 3 heterocycles. The molecule has 0 saturated carbocycles. The first-order valence-corrected chi connectivity index (χ1v) is 11.0. The van der Waals surface area contributed by atoms with E-state index in [0.717, 1.165) is 49.3 Å². The molecule has 7 heteroatoms. The molecule has 0 atom stereocenters. The summed E-state index contributed by atoms with van der Waals surface area (Å²) in [5.41, 5.74) is 1.92. The summed E-state index contributed by atoms with van der Waals surface area (Å²) < 4.78 is 5.31. The Hall–Kier alpha value is -1.44. The maximum absolute atomic E-state index is 13.1. The predicted molar refractivity (Wildman–Crippen MR) is 107 cm³/mol. The van der Waals surface area contributed by atoms with Crippen molar-refractivity contribution >= 4 is 28.2 Å². The molecule has 0 bridgehead atoms. The van der Waals surface area contributed by atoms with Gasteiger partial charge in [0.2, 0.25) is 5.91 Å². The normalized spacial score (nSPS) is 20.9. The molecule has 27 heavy (non-hydrogen) atoms. The van der Waals surface area contributed by atoms with Crippen molar-refractivity contribution in [3.63, 3.8) is 0 Å². The Morgan fingerprint density at radius 1 is 1.11 bits per heavy atom. The van der Waals surface area contributed by atoms with Gasteiger partial charge in [-0.15, -0.1) is 11.3 Å². The Bertz CT molecular complexity index is 706. The van der Waals surface area contributed by atoms with E-state index in [2.05, 4.69) is 10.2 Å². The summed E-state index contributed by atoms with van der Waals surface area (Å²) in [5.74, 6) is 0.0545. The third kappa shape index (κ3) is 4.05. The minimum Gasteiger partial charge on any atom is -0.378 e. The molecule has 1 N–H and O–H groups in total. The average Bonchev–Trinajstić information content (AvgIpc) is 2.99. The van der Waals surface area contributed by atoms with Crippen LogP contribution in [0.25, 0.3) is 0 Å². The van der Waals surface area contributed by atoms with Crippen molar-refractivity contribution in [1.29, 1.82) is 0 Å². The van der Waals surface area contributed by atoms with E-state index in [1.807, 2.05) is 4.90 Å². The van der Waals surface area contributed by atoms with Gasteiger partial charge in [0.05, 0.1) is 18.2 Å². The van der Waals surface area contributed by atoms with E-state index in [1.165, 1.54) is 29.7 Å². The molecule has 0 spiro atoms. The van der Waals surface area contributed by atoms with E-state index in [9.17, 15) is 9.59 Å². The minimum absolute atomic E-state index is 0.00271. The Morgan fingerprint density at radius 2 is 1.85 bits per heavy atom. The third-order valence-corrected chi connectivity index (χ3v) is 7.13. The number of methoxy groups -OCH3 is 1. The van der Waals surface area contributed by atoms with Crippen LogP contribution in [0.2, 0.25) is 0 Å². The summed E-state index contributed by atoms with van der Waals surface area (Å²) >= 11 is 1.61. The van der Waals surface area contributed by atoms with Crippen LogP contribution in [0.15, 0.2) is 0 Å². The van der Waals surface area contributed by atoms with Crippen LogP contribution in [0.5, 0.6) is 0 Å². The zero-order chi connectivity index (χ0) is 18.8. The smallest absolute Gasteiger partial charge is 0.257 e. The highest BCUT2D eigenvalue weighted by Crippen LogP contribution is 2.39. The molecule has 0 radical (unpaired) electrons. The molecule has 3 aliphatic rings. The number of anilines is 1. The number of fused-ring (bicyclic) bond motifs is 1. The van der Waals surface area contributed by atoms with E-state index >= 15 is 0 Å². The Morgan fingerprint density at radius 3 is 2.59 bits per heavy atom. The van der Waals surface area contributed by atoms with Gasteiger partial charge >= 0.3 is 0 Å². The van der Waals surface area contributed by atoms with Gasteiger partial charge in [-0.2, -0.15) is 0 Å². The maximum atomic E-state index is 13.1. The molecule has 0 aromatic carbocycles. The fraction of sp³-hybridized carbons (Fsp3) is 0.700. The molecule has 4 rings (SSSR count). The summed E-state index contributed by atoms with van der Waals surface area (Å²) in [6.45, 7) is 3.69. The van der Waals surface area contributed by atoms with Crippen LogP contribution in [0, 0.1) is 0 Å². The minimum atomic E-state index is 0.00271. The van der Waals surface area contributed by atoms with Gasteiger partial charge in [0, 0.05) is 25.1 Å². The average molecular weight is 392 g/mol. The second kappa shape index (κ2) is 8.29. The number of nitrogens with zero attached hydrogens (tertiary/aromatic N) is 2. The van der Waals surface area contributed by atoms with Gasteiger partial charge in [-0.3, -0.25) is 14.5 Å². The lowest BCUT2D eigenvalue weighted by atomic mass is 9.94. The number of amides is 2. The van der Waals surface area contributed by atoms with Crippen LogP contribution < -0.4 is 5.32 Å². The van der Waals surface area contributed by atoms with Crippen LogP contribution >= 0.6 is 11.3 Å².